The summed E-state index contributed by atoms with van der Waals surface area (Å²) in [5, 5.41) is 15.4. The molecule has 1 aromatic carbocycles. The van der Waals surface area contributed by atoms with E-state index in [4.69, 9.17) is 27.0 Å². The largest absolute Gasteiger partial charge is 0.493 e. The van der Waals surface area contributed by atoms with Gasteiger partial charge in [-0.2, -0.15) is 5.26 Å². The number of likely N-dealkylation sites (N-methyl/N-ethyl adjacent to an activating group) is 1. The molecule has 1 aliphatic rings. The molecular formula is C19H24N4O3S. The van der Waals surface area contributed by atoms with Crippen molar-refractivity contribution >= 4 is 23.2 Å². The minimum Gasteiger partial charge on any atom is -0.493 e. The normalized spacial score (nSPS) is 16.1. The highest BCUT2D eigenvalue weighted by molar-refractivity contribution is 7.80. The number of benzene rings is 1. The number of nitrogens with zero attached hydrogens (tertiary/aromatic N) is 2. The van der Waals surface area contributed by atoms with Crippen molar-refractivity contribution in [2.45, 2.75) is 26.8 Å². The molecule has 1 atom stereocenters. The van der Waals surface area contributed by atoms with Gasteiger partial charge < -0.3 is 25.0 Å². The van der Waals surface area contributed by atoms with Gasteiger partial charge >= 0.3 is 0 Å². The van der Waals surface area contributed by atoms with Gasteiger partial charge in [-0.05, 0) is 50.7 Å². The van der Waals surface area contributed by atoms with Gasteiger partial charge in [-0.25, -0.2) is 0 Å². The number of nitriles is 1. The molecule has 1 heterocycles. The van der Waals surface area contributed by atoms with Crippen LogP contribution < -0.4 is 20.1 Å². The lowest BCUT2D eigenvalue weighted by molar-refractivity contribution is -0.127. The van der Waals surface area contributed by atoms with E-state index in [9.17, 15) is 4.79 Å². The number of rotatable bonds is 7. The van der Waals surface area contributed by atoms with Gasteiger partial charge in [0.25, 0.3) is 5.91 Å². The van der Waals surface area contributed by atoms with E-state index in [1.807, 2.05) is 32.9 Å². The molecule has 1 aromatic rings. The zero-order valence-electron chi connectivity index (χ0n) is 16.0. The van der Waals surface area contributed by atoms with Crippen molar-refractivity contribution in [2.24, 2.45) is 0 Å². The number of nitrogens with one attached hydrogen (secondary N) is 2. The molecule has 0 aromatic heterocycles. The van der Waals surface area contributed by atoms with E-state index in [1.54, 1.807) is 17.0 Å². The molecule has 0 radical (unpaired) electrons. The van der Waals surface area contributed by atoms with E-state index in [0.29, 0.717) is 35.3 Å². The third kappa shape index (κ3) is 4.49. The molecule has 27 heavy (non-hydrogen) atoms. The fraction of sp³-hybridized carbons (Fsp3) is 0.421. The van der Waals surface area contributed by atoms with E-state index in [0.717, 1.165) is 11.3 Å². The van der Waals surface area contributed by atoms with Gasteiger partial charge in [-0.1, -0.05) is 6.07 Å². The Balaban J connectivity index is 2.47. The topological polar surface area (TPSA) is 86.6 Å². The summed E-state index contributed by atoms with van der Waals surface area (Å²) in [6.45, 7) is 6.91. The van der Waals surface area contributed by atoms with E-state index in [-0.39, 0.29) is 12.5 Å². The van der Waals surface area contributed by atoms with Crippen molar-refractivity contribution < 1.29 is 14.3 Å². The van der Waals surface area contributed by atoms with E-state index in [1.165, 1.54) is 7.11 Å². The molecule has 0 aliphatic carbocycles. The first kappa shape index (κ1) is 20.5. The van der Waals surface area contributed by atoms with Gasteiger partial charge in [0.1, 0.15) is 6.07 Å². The number of hydrogen-bond acceptors (Lipinski definition) is 5. The smallest absolute Gasteiger partial charge is 0.253 e. The molecule has 0 spiro atoms. The number of thiocarbonyl (C=S) groups is 1. The molecule has 0 fully saturated rings. The van der Waals surface area contributed by atoms with Crippen LogP contribution >= 0.6 is 12.2 Å². The Bertz CT molecular complexity index is 797. The van der Waals surface area contributed by atoms with E-state index in [2.05, 4.69) is 10.6 Å². The van der Waals surface area contributed by atoms with Crippen LogP contribution in [0.5, 0.6) is 11.5 Å². The summed E-state index contributed by atoms with van der Waals surface area (Å²) < 4.78 is 10.8. The van der Waals surface area contributed by atoms with Gasteiger partial charge in [-0.3, -0.25) is 4.79 Å². The second-order valence-electron chi connectivity index (χ2n) is 5.90. The van der Waals surface area contributed by atoms with E-state index < -0.39 is 6.04 Å². The summed E-state index contributed by atoms with van der Waals surface area (Å²) >= 11 is 5.29. The lowest BCUT2D eigenvalue weighted by atomic mass is 9.94. The number of amides is 1. The Morgan fingerprint density at radius 1 is 1.33 bits per heavy atom. The number of ether oxygens (including phenoxy) is 2. The van der Waals surface area contributed by atoms with Crippen LogP contribution in [-0.2, 0) is 4.79 Å². The van der Waals surface area contributed by atoms with Crippen molar-refractivity contribution in [3.63, 3.8) is 0 Å². The highest BCUT2D eigenvalue weighted by atomic mass is 32.1. The number of allylic oxidation sites excluding steroid dienone is 1. The second-order valence-corrected chi connectivity index (χ2v) is 6.31. The second kappa shape index (κ2) is 9.24. The minimum atomic E-state index is -0.411. The van der Waals surface area contributed by atoms with Gasteiger partial charge in [0.15, 0.2) is 23.2 Å². The van der Waals surface area contributed by atoms with Crippen LogP contribution in [-0.4, -0.2) is 42.7 Å². The third-order valence-electron chi connectivity index (χ3n) is 4.36. The predicted octanol–water partition coefficient (Wildman–Crippen LogP) is 2.26. The Hall–Kier alpha value is -2.79. The van der Waals surface area contributed by atoms with Crippen molar-refractivity contribution in [1.29, 1.82) is 5.26 Å². The van der Waals surface area contributed by atoms with Crippen LogP contribution in [0.25, 0.3) is 0 Å². The molecule has 7 nitrogen and oxygen atoms in total. The lowest BCUT2D eigenvalue weighted by Crippen LogP contribution is -2.47. The molecule has 0 saturated heterocycles. The predicted molar refractivity (Wildman–Crippen MR) is 106 cm³/mol. The number of methoxy groups -OCH3 is 1. The number of hydrogen-bond donors (Lipinski definition) is 2. The average Bonchev–Trinajstić information content (AvgIpc) is 2.66. The molecule has 0 unspecified atom stereocenters. The number of carbonyl (C=O) groups is 1. The first-order valence-corrected chi connectivity index (χ1v) is 9.12. The van der Waals surface area contributed by atoms with Crippen LogP contribution in [0.4, 0.5) is 0 Å². The van der Waals surface area contributed by atoms with Crippen LogP contribution in [0, 0.1) is 11.3 Å². The van der Waals surface area contributed by atoms with Crippen molar-refractivity contribution in [3.05, 3.63) is 35.0 Å². The monoisotopic (exact) mass is 388 g/mol. The maximum Gasteiger partial charge on any atom is 0.253 e. The molecule has 144 valence electrons. The molecular weight excluding hydrogens is 364 g/mol. The van der Waals surface area contributed by atoms with Crippen molar-refractivity contribution in [2.75, 3.05) is 26.8 Å². The van der Waals surface area contributed by atoms with Gasteiger partial charge in [0, 0.05) is 18.8 Å². The van der Waals surface area contributed by atoms with E-state index >= 15 is 0 Å². The average molecular weight is 388 g/mol. The standard InChI is InChI=1S/C19H24N4O3S/c1-5-23(6-2)18(24)16-12(3)21-19(27)22-17(16)13-7-8-14(26-10-9-20)15(11-13)25-4/h7-8,11,17H,5-6,10H2,1-4H3,(H2,21,22,27)/t17-/m0/s1. The van der Waals surface area contributed by atoms with Crippen molar-refractivity contribution in [1.82, 2.24) is 15.5 Å². The highest BCUT2D eigenvalue weighted by Gasteiger charge is 2.32. The summed E-state index contributed by atoms with van der Waals surface area (Å²) in [5.74, 6) is 0.909. The molecule has 2 N–H and O–H groups in total. The fourth-order valence-corrected chi connectivity index (χ4v) is 3.27. The Labute approximate surface area is 164 Å². The summed E-state index contributed by atoms with van der Waals surface area (Å²) in [6.07, 6.45) is 0. The van der Waals surface area contributed by atoms with Gasteiger partial charge in [0.2, 0.25) is 0 Å². The third-order valence-corrected chi connectivity index (χ3v) is 4.58. The summed E-state index contributed by atoms with van der Waals surface area (Å²) in [5.41, 5.74) is 2.15. The summed E-state index contributed by atoms with van der Waals surface area (Å²) in [7, 11) is 1.53. The zero-order valence-corrected chi connectivity index (χ0v) is 16.8. The van der Waals surface area contributed by atoms with Gasteiger partial charge in [-0.15, -0.1) is 0 Å². The SMILES string of the molecule is CCN(CC)C(=O)C1=C(C)NC(=S)N[C@H]1c1ccc(OCC#N)c(OC)c1. The first-order chi connectivity index (χ1) is 13.0. The Morgan fingerprint density at radius 2 is 2.04 bits per heavy atom. The van der Waals surface area contributed by atoms with Crippen LogP contribution in [0.1, 0.15) is 32.4 Å². The molecule has 0 bridgehead atoms. The highest BCUT2D eigenvalue weighted by Crippen LogP contribution is 2.34. The summed E-state index contributed by atoms with van der Waals surface area (Å²) in [6, 6.07) is 6.88. The van der Waals surface area contributed by atoms with Gasteiger partial charge in [0.05, 0.1) is 18.7 Å². The van der Waals surface area contributed by atoms with Crippen LogP contribution in [0.15, 0.2) is 29.5 Å². The molecule has 1 amide bonds. The molecule has 8 heteroatoms. The molecule has 0 saturated carbocycles. The maximum absolute atomic E-state index is 13.1. The number of carbonyl (C=O) groups excluding carboxylic acids is 1. The lowest BCUT2D eigenvalue weighted by Gasteiger charge is -2.33. The fourth-order valence-electron chi connectivity index (χ4n) is 3.00. The quantitative estimate of drug-likeness (QED) is 0.693. The maximum atomic E-state index is 13.1. The Kier molecular flexibility index (Phi) is 7.02. The van der Waals surface area contributed by atoms with Crippen LogP contribution in [0.3, 0.4) is 0 Å². The first-order valence-electron chi connectivity index (χ1n) is 8.71. The Morgan fingerprint density at radius 3 is 2.63 bits per heavy atom. The summed E-state index contributed by atoms with van der Waals surface area (Å²) in [4.78, 5) is 14.8. The molecule has 1 aliphatic heterocycles. The van der Waals surface area contributed by atoms with Crippen molar-refractivity contribution in [3.8, 4) is 17.6 Å². The zero-order chi connectivity index (χ0) is 20.0. The molecule has 2 rings (SSSR count). The minimum absolute atomic E-state index is 0.0474. The van der Waals surface area contributed by atoms with Crippen LogP contribution in [0.2, 0.25) is 0 Å².